The van der Waals surface area contributed by atoms with Gasteiger partial charge < -0.3 is 15.0 Å². The van der Waals surface area contributed by atoms with E-state index in [0.29, 0.717) is 12.3 Å². The number of nitrogens with one attached hydrogen (secondary N) is 1. The van der Waals surface area contributed by atoms with Crippen molar-refractivity contribution in [1.82, 2.24) is 10.2 Å². The third-order valence-electron chi connectivity index (χ3n) is 5.09. The van der Waals surface area contributed by atoms with Crippen molar-refractivity contribution in [3.8, 4) is 5.75 Å². The van der Waals surface area contributed by atoms with Gasteiger partial charge in [0.05, 0.1) is 12.9 Å². The second-order valence-corrected chi connectivity index (χ2v) is 8.47. The molecule has 0 aliphatic rings. The van der Waals surface area contributed by atoms with Gasteiger partial charge in [-0.2, -0.15) is 0 Å². The van der Waals surface area contributed by atoms with Crippen LogP contribution in [0.4, 0.5) is 4.39 Å². The summed E-state index contributed by atoms with van der Waals surface area (Å²) in [7, 11) is 1.60. The lowest BCUT2D eigenvalue weighted by molar-refractivity contribution is -0.138. The molecule has 0 saturated carbocycles. The highest BCUT2D eigenvalue weighted by atomic mass is 32.2. The minimum absolute atomic E-state index is 0.0424. The Morgan fingerprint density at radius 1 is 1.06 bits per heavy atom. The van der Waals surface area contributed by atoms with E-state index in [1.54, 1.807) is 31.1 Å². The van der Waals surface area contributed by atoms with Crippen molar-refractivity contribution in [2.45, 2.75) is 51.6 Å². The summed E-state index contributed by atoms with van der Waals surface area (Å²) in [6.07, 6.45) is 0.818. The van der Waals surface area contributed by atoms with Crippen molar-refractivity contribution < 1.29 is 18.7 Å². The van der Waals surface area contributed by atoms with Gasteiger partial charge in [0.25, 0.3) is 0 Å². The molecule has 0 unspecified atom stereocenters. The van der Waals surface area contributed by atoms with Crippen LogP contribution in [-0.2, 0) is 21.9 Å². The van der Waals surface area contributed by atoms with Gasteiger partial charge in [-0.05, 0) is 55.7 Å². The molecule has 0 radical (unpaired) electrons. The Morgan fingerprint density at radius 3 is 2.26 bits per heavy atom. The number of carbonyl (C=O) groups is 2. The topological polar surface area (TPSA) is 58.6 Å². The third-order valence-corrected chi connectivity index (χ3v) is 6.08. The smallest absolute Gasteiger partial charge is 0.242 e. The summed E-state index contributed by atoms with van der Waals surface area (Å²) in [5.74, 6) is 0.995. The monoisotopic (exact) mass is 446 g/mol. The quantitative estimate of drug-likeness (QED) is 0.556. The number of thioether (sulfide) groups is 1. The molecular weight excluding hydrogens is 415 g/mol. The molecule has 0 bridgehead atoms. The van der Waals surface area contributed by atoms with Crippen molar-refractivity contribution in [3.05, 3.63) is 65.5 Å². The summed E-state index contributed by atoms with van der Waals surface area (Å²) in [4.78, 5) is 27.4. The molecule has 0 aliphatic heterocycles. The summed E-state index contributed by atoms with van der Waals surface area (Å²) < 4.78 is 18.3. The lowest BCUT2D eigenvalue weighted by Crippen LogP contribution is -2.50. The molecule has 2 aromatic carbocycles. The van der Waals surface area contributed by atoms with Gasteiger partial charge >= 0.3 is 0 Å². The van der Waals surface area contributed by atoms with Gasteiger partial charge in [0.15, 0.2) is 0 Å². The molecule has 2 amide bonds. The van der Waals surface area contributed by atoms with Crippen LogP contribution >= 0.6 is 11.8 Å². The Balaban J connectivity index is 2.07. The number of ether oxygens (including phenoxy) is 1. The molecule has 0 spiro atoms. The van der Waals surface area contributed by atoms with Crippen LogP contribution in [0.1, 0.15) is 38.3 Å². The van der Waals surface area contributed by atoms with E-state index < -0.39 is 6.04 Å². The predicted octanol–water partition coefficient (Wildman–Crippen LogP) is 4.40. The fraction of sp³-hybridized carbons (Fsp3) is 0.417. The molecule has 1 N–H and O–H groups in total. The normalized spacial score (nSPS) is 12.7. The number of benzene rings is 2. The van der Waals surface area contributed by atoms with Crippen LogP contribution in [0.25, 0.3) is 0 Å². The van der Waals surface area contributed by atoms with Crippen LogP contribution in [0.3, 0.4) is 0 Å². The number of nitrogens with zero attached hydrogens (tertiary/aromatic N) is 1. The maximum atomic E-state index is 13.1. The van der Waals surface area contributed by atoms with Crippen molar-refractivity contribution in [1.29, 1.82) is 0 Å². The molecular formula is C24H31FN2O3S. The first kappa shape index (κ1) is 24.7. The van der Waals surface area contributed by atoms with Crippen LogP contribution < -0.4 is 10.1 Å². The molecule has 0 fully saturated rings. The van der Waals surface area contributed by atoms with E-state index in [4.69, 9.17) is 4.74 Å². The third kappa shape index (κ3) is 7.90. The molecule has 0 saturated heterocycles. The first-order valence-corrected chi connectivity index (χ1v) is 11.5. The van der Waals surface area contributed by atoms with Crippen molar-refractivity contribution in [2.24, 2.45) is 0 Å². The Kier molecular flexibility index (Phi) is 9.85. The van der Waals surface area contributed by atoms with Crippen molar-refractivity contribution >= 4 is 23.6 Å². The lowest BCUT2D eigenvalue weighted by atomic mass is 10.1. The summed E-state index contributed by atoms with van der Waals surface area (Å²) in [6.45, 7) is 6.03. The minimum Gasteiger partial charge on any atom is -0.497 e. The van der Waals surface area contributed by atoms with Crippen LogP contribution in [-0.4, -0.2) is 41.7 Å². The molecule has 168 valence electrons. The molecule has 0 aliphatic carbocycles. The second kappa shape index (κ2) is 12.3. The molecule has 2 atom stereocenters. The largest absolute Gasteiger partial charge is 0.497 e. The molecule has 5 nitrogen and oxygen atoms in total. The highest BCUT2D eigenvalue weighted by Gasteiger charge is 2.26. The minimum atomic E-state index is -0.602. The number of rotatable bonds is 11. The van der Waals surface area contributed by atoms with E-state index in [2.05, 4.69) is 5.32 Å². The molecule has 31 heavy (non-hydrogen) atoms. The number of hydrogen-bond donors (Lipinski definition) is 1. The number of halogens is 1. The summed E-state index contributed by atoms with van der Waals surface area (Å²) >= 11 is 1.45. The second-order valence-electron chi connectivity index (χ2n) is 7.48. The maximum Gasteiger partial charge on any atom is 0.242 e. The van der Waals surface area contributed by atoms with E-state index in [9.17, 15) is 14.0 Å². The summed E-state index contributed by atoms with van der Waals surface area (Å²) in [5.41, 5.74) is 1.87. The lowest BCUT2D eigenvalue weighted by Gasteiger charge is -2.29. The van der Waals surface area contributed by atoms with Crippen LogP contribution in [0.15, 0.2) is 48.5 Å². The number of methoxy groups -OCH3 is 1. The summed E-state index contributed by atoms with van der Waals surface area (Å²) in [6, 6.07) is 13.2. The average Bonchev–Trinajstić information content (AvgIpc) is 2.78. The Hall–Kier alpha value is -2.54. The van der Waals surface area contributed by atoms with Gasteiger partial charge in [-0.15, -0.1) is 11.8 Å². The Bertz CT molecular complexity index is 843. The highest BCUT2D eigenvalue weighted by molar-refractivity contribution is 7.99. The SMILES string of the molecule is CC[C@@H](C)NC(=O)[C@H](C)N(Cc1ccc(OC)cc1)C(=O)CSCc1ccc(F)cc1. The number of amides is 2. The van der Waals surface area contributed by atoms with Crippen molar-refractivity contribution in [2.75, 3.05) is 12.9 Å². The van der Waals surface area contributed by atoms with E-state index in [-0.39, 0.29) is 29.4 Å². The number of hydrogen-bond acceptors (Lipinski definition) is 4. The maximum absolute atomic E-state index is 13.1. The Labute approximate surface area is 188 Å². The fourth-order valence-corrected chi connectivity index (χ4v) is 3.77. The van der Waals surface area contributed by atoms with Gasteiger partial charge in [-0.25, -0.2) is 4.39 Å². The van der Waals surface area contributed by atoms with Gasteiger partial charge in [0.2, 0.25) is 11.8 Å². The molecule has 7 heteroatoms. The first-order chi connectivity index (χ1) is 14.8. The molecule has 0 aromatic heterocycles. The van der Waals surface area contributed by atoms with E-state index in [1.165, 1.54) is 23.9 Å². The summed E-state index contributed by atoms with van der Waals surface area (Å²) in [5, 5.41) is 2.96. The predicted molar refractivity (Wildman–Crippen MR) is 123 cm³/mol. The van der Waals surface area contributed by atoms with Crippen molar-refractivity contribution in [3.63, 3.8) is 0 Å². The van der Waals surface area contributed by atoms with E-state index >= 15 is 0 Å². The standard InChI is InChI=1S/C24H31FN2O3S/c1-5-17(2)26-24(29)18(3)27(14-19-8-12-22(30-4)13-9-19)23(28)16-31-15-20-6-10-21(25)11-7-20/h6-13,17-18H,5,14-16H2,1-4H3,(H,26,29)/t17-,18+/m1/s1. The van der Waals surface area contributed by atoms with Crippen LogP contribution in [0.2, 0.25) is 0 Å². The first-order valence-electron chi connectivity index (χ1n) is 10.4. The zero-order valence-electron chi connectivity index (χ0n) is 18.6. The molecule has 0 heterocycles. The number of carbonyl (C=O) groups excluding carboxylic acids is 2. The fourth-order valence-electron chi connectivity index (χ4n) is 2.90. The molecule has 2 aromatic rings. The van der Waals surface area contributed by atoms with E-state index in [1.807, 2.05) is 38.1 Å². The van der Waals surface area contributed by atoms with Crippen LogP contribution in [0, 0.1) is 5.82 Å². The van der Waals surface area contributed by atoms with Gasteiger partial charge in [-0.3, -0.25) is 9.59 Å². The van der Waals surface area contributed by atoms with E-state index in [0.717, 1.165) is 23.3 Å². The highest BCUT2D eigenvalue weighted by Crippen LogP contribution is 2.18. The van der Waals surface area contributed by atoms with Gasteiger partial charge in [-0.1, -0.05) is 31.2 Å². The Morgan fingerprint density at radius 2 is 1.68 bits per heavy atom. The van der Waals surface area contributed by atoms with Gasteiger partial charge in [0.1, 0.15) is 17.6 Å². The zero-order valence-corrected chi connectivity index (χ0v) is 19.4. The van der Waals surface area contributed by atoms with Gasteiger partial charge in [0, 0.05) is 18.3 Å². The zero-order chi connectivity index (χ0) is 22.8. The van der Waals surface area contributed by atoms with Crippen LogP contribution in [0.5, 0.6) is 5.75 Å². The molecule has 2 rings (SSSR count). The average molecular weight is 447 g/mol.